The number of hydrogen-bond donors (Lipinski definition) is 2. The Hall–Kier alpha value is -0.860. The molecule has 1 rings (SSSR count). The van der Waals surface area contributed by atoms with Crippen molar-refractivity contribution in [3.63, 3.8) is 0 Å². The van der Waals surface area contributed by atoms with Crippen LogP contribution in [0.15, 0.2) is 30.3 Å². The highest BCUT2D eigenvalue weighted by Gasteiger charge is 2.12. The number of aliphatic hydroxyl groups is 1. The minimum Gasteiger partial charge on any atom is -0.388 e. The zero-order chi connectivity index (χ0) is 11.3. The van der Waals surface area contributed by atoms with E-state index in [-0.39, 0.29) is 6.10 Å². The molecule has 0 aliphatic carbocycles. The molecule has 2 nitrogen and oxygen atoms in total. The van der Waals surface area contributed by atoms with E-state index >= 15 is 0 Å². The maximum atomic E-state index is 9.96. The third kappa shape index (κ3) is 4.45. The predicted molar refractivity (Wildman–Crippen MR) is 63.8 cm³/mol. The molecular formula is C13H21NO. The van der Waals surface area contributed by atoms with Crippen LogP contribution in [0.5, 0.6) is 0 Å². The van der Waals surface area contributed by atoms with E-state index < -0.39 is 0 Å². The summed E-state index contributed by atoms with van der Waals surface area (Å²) in [5.74, 6) is 0. The fourth-order valence-electron chi connectivity index (χ4n) is 1.78. The van der Waals surface area contributed by atoms with Gasteiger partial charge < -0.3 is 10.4 Å². The van der Waals surface area contributed by atoms with Crippen LogP contribution in [0, 0.1) is 0 Å². The molecule has 0 fully saturated rings. The molecule has 2 unspecified atom stereocenters. The summed E-state index contributed by atoms with van der Waals surface area (Å²) in [5, 5.41) is 13.3. The Morgan fingerprint density at radius 2 is 1.73 bits per heavy atom. The maximum Gasteiger partial charge on any atom is 0.0804 e. The molecule has 0 aliphatic rings. The molecule has 0 saturated heterocycles. The molecule has 1 aromatic rings. The lowest BCUT2D eigenvalue weighted by Gasteiger charge is -2.20. The molecule has 0 radical (unpaired) electrons. The standard InChI is InChI=1S/C13H21NO/c1-10(2)14-11(3)9-13(15)12-7-5-4-6-8-12/h4-8,10-11,13-15H,9H2,1-3H3. The molecule has 1 aromatic carbocycles. The van der Waals surface area contributed by atoms with Crippen LogP contribution >= 0.6 is 0 Å². The van der Waals surface area contributed by atoms with Gasteiger partial charge in [-0.1, -0.05) is 44.2 Å². The van der Waals surface area contributed by atoms with Crippen LogP contribution in [-0.2, 0) is 0 Å². The smallest absolute Gasteiger partial charge is 0.0804 e. The summed E-state index contributed by atoms with van der Waals surface area (Å²) in [5.41, 5.74) is 0.995. The molecule has 0 bridgehead atoms. The lowest BCUT2D eigenvalue weighted by atomic mass is 10.0. The normalized spacial score (nSPS) is 15.3. The first-order chi connectivity index (χ1) is 7.09. The molecule has 2 N–H and O–H groups in total. The van der Waals surface area contributed by atoms with Gasteiger partial charge in [-0.25, -0.2) is 0 Å². The monoisotopic (exact) mass is 207 g/mol. The molecule has 0 spiro atoms. The molecule has 0 aliphatic heterocycles. The van der Waals surface area contributed by atoms with Crippen molar-refractivity contribution in [2.24, 2.45) is 0 Å². The van der Waals surface area contributed by atoms with Crippen LogP contribution in [0.4, 0.5) is 0 Å². The van der Waals surface area contributed by atoms with Crippen molar-refractivity contribution in [3.8, 4) is 0 Å². The second kappa shape index (κ2) is 5.89. The first-order valence-corrected chi connectivity index (χ1v) is 5.58. The van der Waals surface area contributed by atoms with E-state index in [0.717, 1.165) is 12.0 Å². The van der Waals surface area contributed by atoms with Crippen molar-refractivity contribution >= 4 is 0 Å². The average Bonchev–Trinajstić information content (AvgIpc) is 2.17. The van der Waals surface area contributed by atoms with E-state index in [1.165, 1.54) is 0 Å². The van der Waals surface area contributed by atoms with Gasteiger partial charge in [-0.05, 0) is 18.9 Å². The van der Waals surface area contributed by atoms with Crippen LogP contribution in [0.2, 0.25) is 0 Å². The molecule has 2 atom stereocenters. The maximum absolute atomic E-state index is 9.96. The Morgan fingerprint density at radius 3 is 2.27 bits per heavy atom. The van der Waals surface area contributed by atoms with Crippen LogP contribution in [0.1, 0.15) is 38.9 Å². The minimum atomic E-state index is -0.368. The minimum absolute atomic E-state index is 0.334. The van der Waals surface area contributed by atoms with Crippen LogP contribution in [-0.4, -0.2) is 17.2 Å². The Morgan fingerprint density at radius 1 is 1.13 bits per heavy atom. The molecule has 0 aromatic heterocycles. The predicted octanol–water partition coefficient (Wildman–Crippen LogP) is 2.50. The Balaban J connectivity index is 2.45. The summed E-state index contributed by atoms with van der Waals surface area (Å²) in [6, 6.07) is 10.6. The second-order valence-corrected chi connectivity index (χ2v) is 4.38. The van der Waals surface area contributed by atoms with Crippen molar-refractivity contribution in [2.45, 2.75) is 45.4 Å². The average molecular weight is 207 g/mol. The Labute approximate surface area is 92.3 Å². The van der Waals surface area contributed by atoms with Gasteiger partial charge in [0.05, 0.1) is 6.10 Å². The summed E-state index contributed by atoms with van der Waals surface area (Å²) in [6.07, 6.45) is 0.384. The highest BCUT2D eigenvalue weighted by Crippen LogP contribution is 2.17. The molecule has 0 amide bonds. The van der Waals surface area contributed by atoms with Crippen LogP contribution in [0.25, 0.3) is 0 Å². The molecule has 2 heteroatoms. The molecule has 0 saturated carbocycles. The number of hydrogen-bond acceptors (Lipinski definition) is 2. The third-order valence-electron chi connectivity index (χ3n) is 2.38. The molecule has 0 heterocycles. The van der Waals surface area contributed by atoms with Crippen molar-refractivity contribution in [1.29, 1.82) is 0 Å². The van der Waals surface area contributed by atoms with Gasteiger partial charge in [0.15, 0.2) is 0 Å². The van der Waals surface area contributed by atoms with Gasteiger partial charge >= 0.3 is 0 Å². The van der Waals surface area contributed by atoms with E-state index in [2.05, 4.69) is 26.1 Å². The van der Waals surface area contributed by atoms with E-state index in [1.807, 2.05) is 30.3 Å². The van der Waals surface area contributed by atoms with Crippen LogP contribution in [0.3, 0.4) is 0 Å². The quantitative estimate of drug-likeness (QED) is 0.777. The fourth-order valence-corrected chi connectivity index (χ4v) is 1.78. The lowest BCUT2D eigenvalue weighted by Crippen LogP contribution is -2.33. The first kappa shape index (κ1) is 12.2. The van der Waals surface area contributed by atoms with Gasteiger partial charge in [0.1, 0.15) is 0 Å². The second-order valence-electron chi connectivity index (χ2n) is 4.38. The summed E-state index contributed by atoms with van der Waals surface area (Å²) < 4.78 is 0. The SMILES string of the molecule is CC(C)NC(C)CC(O)c1ccccc1. The Bertz CT molecular complexity index is 271. The zero-order valence-electron chi connectivity index (χ0n) is 9.77. The van der Waals surface area contributed by atoms with Gasteiger partial charge in [0.25, 0.3) is 0 Å². The van der Waals surface area contributed by atoms with E-state index in [9.17, 15) is 5.11 Å². The van der Waals surface area contributed by atoms with E-state index in [1.54, 1.807) is 0 Å². The lowest BCUT2D eigenvalue weighted by molar-refractivity contribution is 0.152. The van der Waals surface area contributed by atoms with Gasteiger partial charge in [-0.3, -0.25) is 0 Å². The van der Waals surface area contributed by atoms with E-state index in [4.69, 9.17) is 0 Å². The zero-order valence-corrected chi connectivity index (χ0v) is 9.77. The van der Waals surface area contributed by atoms with E-state index in [0.29, 0.717) is 12.1 Å². The first-order valence-electron chi connectivity index (χ1n) is 5.58. The fraction of sp³-hybridized carbons (Fsp3) is 0.538. The molecular weight excluding hydrogens is 186 g/mol. The number of benzene rings is 1. The molecule has 15 heavy (non-hydrogen) atoms. The number of nitrogens with one attached hydrogen (secondary N) is 1. The third-order valence-corrected chi connectivity index (χ3v) is 2.38. The van der Waals surface area contributed by atoms with Crippen molar-refractivity contribution in [3.05, 3.63) is 35.9 Å². The van der Waals surface area contributed by atoms with Gasteiger partial charge in [-0.2, -0.15) is 0 Å². The molecule has 84 valence electrons. The summed E-state index contributed by atoms with van der Waals surface area (Å²) >= 11 is 0. The summed E-state index contributed by atoms with van der Waals surface area (Å²) in [6.45, 7) is 6.34. The highest BCUT2D eigenvalue weighted by atomic mass is 16.3. The summed E-state index contributed by atoms with van der Waals surface area (Å²) in [7, 11) is 0. The highest BCUT2D eigenvalue weighted by molar-refractivity contribution is 5.17. The Kier molecular flexibility index (Phi) is 4.79. The number of rotatable bonds is 5. The van der Waals surface area contributed by atoms with Gasteiger partial charge in [0, 0.05) is 12.1 Å². The van der Waals surface area contributed by atoms with Gasteiger partial charge in [0.2, 0.25) is 0 Å². The summed E-state index contributed by atoms with van der Waals surface area (Å²) in [4.78, 5) is 0. The van der Waals surface area contributed by atoms with Gasteiger partial charge in [-0.15, -0.1) is 0 Å². The largest absolute Gasteiger partial charge is 0.388 e. The topological polar surface area (TPSA) is 32.3 Å². The van der Waals surface area contributed by atoms with Crippen molar-refractivity contribution in [2.75, 3.05) is 0 Å². The van der Waals surface area contributed by atoms with Crippen molar-refractivity contribution in [1.82, 2.24) is 5.32 Å². The van der Waals surface area contributed by atoms with Crippen molar-refractivity contribution < 1.29 is 5.11 Å². The van der Waals surface area contributed by atoms with Crippen LogP contribution < -0.4 is 5.32 Å². The number of aliphatic hydroxyl groups excluding tert-OH is 1.